The molecule has 1 aromatic carbocycles. The molecule has 1 saturated carbocycles. The van der Waals surface area contributed by atoms with E-state index in [1.54, 1.807) is 11.8 Å². The maximum absolute atomic E-state index is 11.9. The maximum Gasteiger partial charge on any atom is 0.231 e. The average molecular weight is 236 g/mol. The van der Waals surface area contributed by atoms with Crippen molar-refractivity contribution in [3.05, 3.63) is 24.3 Å². The van der Waals surface area contributed by atoms with Crippen molar-refractivity contribution in [1.29, 1.82) is 0 Å². The summed E-state index contributed by atoms with van der Waals surface area (Å²) >= 11 is 1.66. The van der Waals surface area contributed by atoms with E-state index in [4.69, 9.17) is 5.73 Å². The minimum atomic E-state index is -0.282. The molecular formula is C12H16N2OS. The highest BCUT2D eigenvalue weighted by Gasteiger charge is 2.48. The van der Waals surface area contributed by atoms with Crippen LogP contribution in [0.25, 0.3) is 0 Å². The van der Waals surface area contributed by atoms with Gasteiger partial charge in [0.25, 0.3) is 0 Å². The highest BCUT2D eigenvalue weighted by Crippen LogP contribution is 2.45. The third kappa shape index (κ3) is 2.23. The molecule has 0 radical (unpaired) electrons. The van der Waals surface area contributed by atoms with E-state index >= 15 is 0 Å². The summed E-state index contributed by atoms with van der Waals surface area (Å²) < 4.78 is 0. The van der Waals surface area contributed by atoms with Crippen molar-refractivity contribution in [3.8, 4) is 0 Å². The van der Waals surface area contributed by atoms with Crippen LogP contribution < -0.4 is 11.1 Å². The third-order valence-corrected chi connectivity index (χ3v) is 3.78. The topological polar surface area (TPSA) is 55.1 Å². The first-order valence-corrected chi connectivity index (χ1v) is 6.58. The van der Waals surface area contributed by atoms with Gasteiger partial charge in [0.05, 0.1) is 5.41 Å². The normalized spacial score (nSPS) is 16.9. The molecule has 0 heterocycles. The molecular weight excluding hydrogens is 220 g/mol. The average Bonchev–Trinajstić information content (AvgIpc) is 3.10. The Kier molecular flexibility index (Phi) is 3.21. The number of anilines is 1. The molecule has 1 amide bonds. The Morgan fingerprint density at radius 2 is 2.31 bits per heavy atom. The van der Waals surface area contributed by atoms with Crippen molar-refractivity contribution in [1.82, 2.24) is 0 Å². The first-order valence-electron chi connectivity index (χ1n) is 5.36. The third-order valence-electron chi connectivity index (χ3n) is 3.05. The molecule has 16 heavy (non-hydrogen) atoms. The number of nitrogens with two attached hydrogens (primary N) is 1. The summed E-state index contributed by atoms with van der Waals surface area (Å²) in [5.74, 6) is 0.0632. The van der Waals surface area contributed by atoms with E-state index < -0.39 is 0 Å². The molecule has 0 aliphatic heterocycles. The first-order chi connectivity index (χ1) is 7.70. The highest BCUT2D eigenvalue weighted by atomic mass is 32.2. The predicted octanol–water partition coefficient (Wildman–Crippen LogP) is 2.09. The number of hydrogen-bond donors (Lipinski definition) is 2. The van der Waals surface area contributed by atoms with E-state index in [2.05, 4.69) is 5.32 Å². The van der Waals surface area contributed by atoms with Crippen molar-refractivity contribution < 1.29 is 4.79 Å². The van der Waals surface area contributed by atoms with Gasteiger partial charge >= 0.3 is 0 Å². The molecule has 1 aliphatic rings. The lowest BCUT2D eigenvalue weighted by molar-refractivity contribution is -0.120. The zero-order chi connectivity index (χ0) is 11.6. The van der Waals surface area contributed by atoms with Gasteiger partial charge in [-0.3, -0.25) is 4.79 Å². The van der Waals surface area contributed by atoms with Gasteiger partial charge in [-0.2, -0.15) is 0 Å². The molecule has 3 nitrogen and oxygen atoms in total. The van der Waals surface area contributed by atoms with Crippen molar-refractivity contribution >= 4 is 23.4 Å². The number of amides is 1. The van der Waals surface area contributed by atoms with Crippen molar-refractivity contribution in [2.75, 3.05) is 18.1 Å². The van der Waals surface area contributed by atoms with Gasteiger partial charge in [-0.25, -0.2) is 0 Å². The van der Waals surface area contributed by atoms with Gasteiger partial charge < -0.3 is 11.1 Å². The molecule has 0 unspecified atom stereocenters. The van der Waals surface area contributed by atoms with E-state index in [-0.39, 0.29) is 11.3 Å². The van der Waals surface area contributed by atoms with Crippen LogP contribution in [0.15, 0.2) is 29.2 Å². The lowest BCUT2D eigenvalue weighted by Crippen LogP contribution is -2.30. The predicted molar refractivity (Wildman–Crippen MR) is 67.6 cm³/mol. The molecule has 0 atom stereocenters. The second kappa shape index (κ2) is 4.47. The lowest BCUT2D eigenvalue weighted by atomic mass is 10.1. The van der Waals surface area contributed by atoms with E-state index in [1.165, 1.54) is 0 Å². The summed E-state index contributed by atoms with van der Waals surface area (Å²) in [5, 5.41) is 2.94. The van der Waals surface area contributed by atoms with Crippen LogP contribution in [0.3, 0.4) is 0 Å². The van der Waals surface area contributed by atoms with Gasteiger partial charge in [0, 0.05) is 17.1 Å². The second-order valence-corrected chi connectivity index (χ2v) is 5.05. The SMILES string of the molecule is CSc1cccc(NC(=O)C2(CN)CC2)c1. The summed E-state index contributed by atoms with van der Waals surface area (Å²) in [6.45, 7) is 0.445. The Balaban J connectivity index is 2.06. The van der Waals surface area contributed by atoms with E-state index in [9.17, 15) is 4.79 Å². The van der Waals surface area contributed by atoms with Crippen molar-refractivity contribution in [2.45, 2.75) is 17.7 Å². The summed E-state index contributed by atoms with van der Waals surface area (Å²) in [6, 6.07) is 7.86. The van der Waals surface area contributed by atoms with E-state index in [1.807, 2.05) is 30.5 Å². The summed E-state index contributed by atoms with van der Waals surface area (Å²) in [7, 11) is 0. The van der Waals surface area contributed by atoms with Crippen LogP contribution in [0.5, 0.6) is 0 Å². The van der Waals surface area contributed by atoms with E-state index in [0.29, 0.717) is 6.54 Å². The summed E-state index contributed by atoms with van der Waals surface area (Å²) in [6.07, 6.45) is 3.85. The molecule has 2 rings (SSSR count). The monoisotopic (exact) mass is 236 g/mol. The number of thioether (sulfide) groups is 1. The second-order valence-electron chi connectivity index (χ2n) is 4.17. The van der Waals surface area contributed by atoms with Gasteiger partial charge in [-0.15, -0.1) is 11.8 Å². The van der Waals surface area contributed by atoms with Crippen LogP contribution in [-0.4, -0.2) is 18.7 Å². The Morgan fingerprint density at radius 3 is 2.88 bits per heavy atom. The van der Waals surface area contributed by atoms with Crippen LogP contribution >= 0.6 is 11.8 Å². The molecule has 3 N–H and O–H groups in total. The Morgan fingerprint density at radius 1 is 1.56 bits per heavy atom. The molecule has 0 spiro atoms. The molecule has 0 aromatic heterocycles. The number of carbonyl (C=O) groups is 1. The van der Waals surface area contributed by atoms with Gasteiger partial charge in [-0.1, -0.05) is 6.07 Å². The summed E-state index contributed by atoms with van der Waals surface area (Å²) in [4.78, 5) is 13.1. The molecule has 1 fully saturated rings. The Bertz CT molecular complexity index is 402. The highest BCUT2D eigenvalue weighted by molar-refractivity contribution is 7.98. The quantitative estimate of drug-likeness (QED) is 0.787. The Labute approximate surface area is 99.8 Å². The molecule has 4 heteroatoms. The fraction of sp³-hybridized carbons (Fsp3) is 0.417. The molecule has 1 aliphatic carbocycles. The van der Waals surface area contributed by atoms with Crippen LogP contribution in [0.4, 0.5) is 5.69 Å². The molecule has 0 bridgehead atoms. The largest absolute Gasteiger partial charge is 0.329 e. The van der Waals surface area contributed by atoms with Crippen molar-refractivity contribution in [2.24, 2.45) is 11.1 Å². The molecule has 86 valence electrons. The number of nitrogens with one attached hydrogen (secondary N) is 1. The number of carbonyl (C=O) groups excluding carboxylic acids is 1. The van der Waals surface area contributed by atoms with Crippen LogP contribution in [0.2, 0.25) is 0 Å². The van der Waals surface area contributed by atoms with Gasteiger partial charge in [0.1, 0.15) is 0 Å². The fourth-order valence-corrected chi connectivity index (χ4v) is 2.10. The number of hydrogen-bond acceptors (Lipinski definition) is 3. The maximum atomic E-state index is 11.9. The Hall–Kier alpha value is -1.00. The number of benzene rings is 1. The first kappa shape index (κ1) is 11.5. The zero-order valence-electron chi connectivity index (χ0n) is 9.32. The standard InChI is InChI=1S/C12H16N2OS/c1-16-10-4-2-3-9(7-10)14-11(15)12(8-13)5-6-12/h2-4,7H,5-6,8,13H2,1H3,(H,14,15). The summed E-state index contributed by atoms with van der Waals surface area (Å²) in [5.41, 5.74) is 6.19. The lowest BCUT2D eigenvalue weighted by Gasteiger charge is -2.13. The van der Waals surface area contributed by atoms with Crippen LogP contribution in [0, 0.1) is 5.41 Å². The van der Waals surface area contributed by atoms with Gasteiger partial charge in [0.2, 0.25) is 5.91 Å². The van der Waals surface area contributed by atoms with Gasteiger partial charge in [-0.05, 0) is 37.3 Å². The van der Waals surface area contributed by atoms with E-state index in [0.717, 1.165) is 23.4 Å². The minimum Gasteiger partial charge on any atom is -0.329 e. The zero-order valence-corrected chi connectivity index (χ0v) is 10.1. The molecule has 1 aromatic rings. The van der Waals surface area contributed by atoms with Crippen molar-refractivity contribution in [3.63, 3.8) is 0 Å². The van der Waals surface area contributed by atoms with Crippen LogP contribution in [0.1, 0.15) is 12.8 Å². The van der Waals surface area contributed by atoms with Crippen LogP contribution in [-0.2, 0) is 4.79 Å². The smallest absolute Gasteiger partial charge is 0.231 e. The van der Waals surface area contributed by atoms with Gasteiger partial charge in [0.15, 0.2) is 0 Å². The number of rotatable bonds is 4. The minimum absolute atomic E-state index is 0.0632. The fourth-order valence-electron chi connectivity index (χ4n) is 1.64. The molecule has 0 saturated heterocycles.